The number of thiophene rings is 1. The molecule has 0 saturated heterocycles. The number of hydrogen-bond donors (Lipinski definition) is 1. The molecule has 1 aromatic heterocycles. The van der Waals surface area contributed by atoms with E-state index in [0.717, 1.165) is 13.1 Å². The van der Waals surface area contributed by atoms with Gasteiger partial charge in [-0.05, 0) is 66.0 Å². The summed E-state index contributed by atoms with van der Waals surface area (Å²) in [6.07, 6.45) is 4.08. The molecule has 0 unspecified atom stereocenters. The number of rotatable bonds is 7. The van der Waals surface area contributed by atoms with Crippen LogP contribution < -0.4 is 5.32 Å². The van der Waals surface area contributed by atoms with E-state index in [1.165, 1.54) is 41.1 Å². The second-order valence-corrected chi connectivity index (χ2v) is 7.81. The van der Waals surface area contributed by atoms with E-state index in [0.29, 0.717) is 5.54 Å². The third-order valence-electron chi connectivity index (χ3n) is 4.66. The number of aryl methyl sites for hydroxylation is 1. The highest BCUT2D eigenvalue weighted by Crippen LogP contribution is 2.37. The quantitative estimate of drug-likeness (QED) is 0.834. The number of likely N-dealkylation sites (N-methyl/N-ethyl adjacent to an activating group) is 2. The monoisotopic (exact) mass is 295 g/mol. The van der Waals surface area contributed by atoms with Crippen molar-refractivity contribution in [1.29, 1.82) is 0 Å². The molecule has 0 bridgehead atoms. The van der Waals surface area contributed by atoms with Gasteiger partial charge in [0.05, 0.1) is 0 Å². The van der Waals surface area contributed by atoms with Crippen LogP contribution in [0.15, 0.2) is 6.07 Å². The van der Waals surface area contributed by atoms with E-state index >= 15 is 0 Å². The average molecular weight is 295 g/mol. The van der Waals surface area contributed by atoms with Crippen molar-refractivity contribution >= 4 is 11.3 Å². The standard InChI is InChI=1S/C16H29N3S/c1-13-14(9-15(20-13)10-17-2)11-19(5)12-16(18(3)4)7-6-8-16/h9,17H,6-8,10-12H2,1-5H3. The molecule has 0 aromatic carbocycles. The van der Waals surface area contributed by atoms with Crippen LogP contribution in [0.5, 0.6) is 0 Å². The zero-order valence-corrected chi connectivity index (χ0v) is 14.4. The summed E-state index contributed by atoms with van der Waals surface area (Å²) in [7, 11) is 8.73. The molecule has 114 valence electrons. The maximum absolute atomic E-state index is 3.24. The number of hydrogen-bond acceptors (Lipinski definition) is 4. The molecule has 0 radical (unpaired) electrons. The minimum absolute atomic E-state index is 0.423. The Kier molecular flexibility index (Phi) is 5.24. The van der Waals surface area contributed by atoms with Crippen LogP contribution in [0.4, 0.5) is 0 Å². The molecular formula is C16H29N3S. The van der Waals surface area contributed by atoms with Crippen LogP contribution in [-0.2, 0) is 13.1 Å². The Bertz CT molecular complexity index is 435. The summed E-state index contributed by atoms with van der Waals surface area (Å²) in [6, 6.07) is 2.37. The summed E-state index contributed by atoms with van der Waals surface area (Å²) in [5, 5.41) is 3.24. The largest absolute Gasteiger partial charge is 0.315 e. The topological polar surface area (TPSA) is 18.5 Å². The summed E-state index contributed by atoms with van der Waals surface area (Å²) in [6.45, 7) is 5.48. The van der Waals surface area contributed by atoms with Crippen LogP contribution >= 0.6 is 11.3 Å². The van der Waals surface area contributed by atoms with Crippen LogP contribution in [0, 0.1) is 6.92 Å². The van der Waals surface area contributed by atoms with Crippen molar-refractivity contribution < 1.29 is 0 Å². The molecule has 0 spiro atoms. The van der Waals surface area contributed by atoms with Crippen molar-refractivity contribution in [3.63, 3.8) is 0 Å². The van der Waals surface area contributed by atoms with Gasteiger partial charge in [-0.3, -0.25) is 0 Å². The van der Waals surface area contributed by atoms with Gasteiger partial charge in [-0.15, -0.1) is 11.3 Å². The maximum Gasteiger partial charge on any atom is 0.0330 e. The van der Waals surface area contributed by atoms with Crippen molar-refractivity contribution in [2.24, 2.45) is 0 Å². The van der Waals surface area contributed by atoms with Gasteiger partial charge in [0.15, 0.2) is 0 Å². The smallest absolute Gasteiger partial charge is 0.0330 e. The maximum atomic E-state index is 3.24. The molecule has 0 atom stereocenters. The lowest BCUT2D eigenvalue weighted by atomic mass is 9.75. The summed E-state index contributed by atoms with van der Waals surface area (Å²) >= 11 is 1.93. The van der Waals surface area contributed by atoms with Gasteiger partial charge in [0.25, 0.3) is 0 Å². The molecule has 20 heavy (non-hydrogen) atoms. The SMILES string of the molecule is CNCc1cc(CN(C)CC2(N(C)C)CCC2)c(C)s1. The fraction of sp³-hybridized carbons (Fsp3) is 0.750. The van der Waals surface area contributed by atoms with Crippen molar-refractivity contribution in [2.45, 2.75) is 44.8 Å². The van der Waals surface area contributed by atoms with E-state index < -0.39 is 0 Å². The zero-order chi connectivity index (χ0) is 14.8. The predicted molar refractivity (Wildman–Crippen MR) is 88.4 cm³/mol. The van der Waals surface area contributed by atoms with Gasteiger partial charge in [-0.1, -0.05) is 0 Å². The van der Waals surface area contributed by atoms with Gasteiger partial charge < -0.3 is 15.1 Å². The zero-order valence-electron chi connectivity index (χ0n) is 13.6. The summed E-state index contributed by atoms with van der Waals surface area (Å²) in [4.78, 5) is 7.84. The van der Waals surface area contributed by atoms with Crippen LogP contribution in [0.2, 0.25) is 0 Å². The second-order valence-electron chi connectivity index (χ2n) is 6.47. The predicted octanol–water partition coefficient (Wildman–Crippen LogP) is 2.69. The van der Waals surface area contributed by atoms with Crippen LogP contribution in [0.3, 0.4) is 0 Å². The lowest BCUT2D eigenvalue weighted by Gasteiger charge is -2.49. The highest BCUT2D eigenvalue weighted by Gasteiger charge is 2.39. The Morgan fingerprint density at radius 1 is 1.30 bits per heavy atom. The Morgan fingerprint density at radius 3 is 2.50 bits per heavy atom. The van der Waals surface area contributed by atoms with Gasteiger partial charge in [0, 0.05) is 34.9 Å². The highest BCUT2D eigenvalue weighted by molar-refractivity contribution is 7.12. The second kappa shape index (κ2) is 6.56. The fourth-order valence-corrected chi connectivity index (χ4v) is 4.25. The molecule has 1 saturated carbocycles. The normalized spacial score (nSPS) is 17.8. The molecule has 0 aliphatic heterocycles. The Balaban J connectivity index is 1.95. The molecule has 1 aliphatic rings. The van der Waals surface area contributed by atoms with Crippen LogP contribution in [-0.4, -0.2) is 50.1 Å². The first-order valence-electron chi connectivity index (χ1n) is 7.55. The Hall–Kier alpha value is -0.420. The first-order valence-corrected chi connectivity index (χ1v) is 8.37. The molecule has 1 N–H and O–H groups in total. The van der Waals surface area contributed by atoms with Gasteiger partial charge in [0.1, 0.15) is 0 Å². The summed E-state index contributed by atoms with van der Waals surface area (Å²) in [5.41, 5.74) is 1.92. The minimum Gasteiger partial charge on any atom is -0.315 e. The lowest BCUT2D eigenvalue weighted by Crippen LogP contribution is -2.56. The first kappa shape index (κ1) is 16.0. The molecule has 3 nitrogen and oxygen atoms in total. The molecule has 2 rings (SSSR count). The third kappa shape index (κ3) is 3.42. The van der Waals surface area contributed by atoms with E-state index in [9.17, 15) is 0 Å². The first-order chi connectivity index (χ1) is 9.47. The Labute approximate surface area is 128 Å². The van der Waals surface area contributed by atoms with Crippen molar-refractivity contribution in [3.05, 3.63) is 21.4 Å². The van der Waals surface area contributed by atoms with Crippen molar-refractivity contribution in [2.75, 3.05) is 34.7 Å². The lowest BCUT2D eigenvalue weighted by molar-refractivity contribution is 0.0259. The fourth-order valence-electron chi connectivity index (χ4n) is 3.19. The number of nitrogens with zero attached hydrogens (tertiary/aromatic N) is 2. The van der Waals surface area contributed by atoms with E-state index in [2.05, 4.69) is 49.2 Å². The summed E-state index contributed by atoms with van der Waals surface area (Å²) in [5.74, 6) is 0. The molecule has 0 amide bonds. The third-order valence-corrected chi connectivity index (χ3v) is 5.75. The summed E-state index contributed by atoms with van der Waals surface area (Å²) < 4.78 is 0. The highest BCUT2D eigenvalue weighted by atomic mass is 32.1. The molecule has 1 fully saturated rings. The molecule has 4 heteroatoms. The van der Waals surface area contributed by atoms with E-state index in [-0.39, 0.29) is 0 Å². The van der Waals surface area contributed by atoms with Crippen molar-refractivity contribution in [3.8, 4) is 0 Å². The Morgan fingerprint density at radius 2 is 2.00 bits per heavy atom. The van der Waals surface area contributed by atoms with Gasteiger partial charge in [-0.2, -0.15) is 0 Å². The molecular weight excluding hydrogens is 266 g/mol. The minimum atomic E-state index is 0.423. The van der Waals surface area contributed by atoms with Gasteiger partial charge in [-0.25, -0.2) is 0 Å². The van der Waals surface area contributed by atoms with Gasteiger partial charge >= 0.3 is 0 Å². The average Bonchev–Trinajstić information content (AvgIpc) is 2.64. The molecule has 1 heterocycles. The molecule has 1 aromatic rings. The van der Waals surface area contributed by atoms with Crippen LogP contribution in [0.1, 0.15) is 34.6 Å². The van der Waals surface area contributed by atoms with Crippen LogP contribution in [0.25, 0.3) is 0 Å². The number of nitrogens with one attached hydrogen (secondary N) is 1. The van der Waals surface area contributed by atoms with Crippen molar-refractivity contribution in [1.82, 2.24) is 15.1 Å². The molecule has 1 aliphatic carbocycles. The van der Waals surface area contributed by atoms with E-state index in [4.69, 9.17) is 0 Å². The van der Waals surface area contributed by atoms with E-state index in [1.54, 1.807) is 0 Å². The van der Waals surface area contributed by atoms with Gasteiger partial charge in [0.2, 0.25) is 0 Å². The van der Waals surface area contributed by atoms with E-state index in [1.807, 2.05) is 18.4 Å².